The number of hydrogen-bond acceptors (Lipinski definition) is 3. The number of fused-ring (bicyclic) bond motifs is 1. The van der Waals surface area contributed by atoms with Crippen LogP contribution in [0.5, 0.6) is 0 Å². The first-order valence-electron chi connectivity index (χ1n) is 6.77. The van der Waals surface area contributed by atoms with Crippen LogP contribution < -0.4 is 5.32 Å². The van der Waals surface area contributed by atoms with Crippen LogP contribution in [0.2, 0.25) is 0 Å². The lowest BCUT2D eigenvalue weighted by molar-refractivity contribution is -0.119. The average molecular weight is 289 g/mol. The Labute approximate surface area is 123 Å². The first kappa shape index (κ1) is 14.7. The molecule has 1 atom stereocenters. The number of thiophene rings is 1. The molecule has 0 bridgehead atoms. The van der Waals surface area contributed by atoms with E-state index in [1.165, 1.54) is 18.3 Å². The Kier molecular flexibility index (Phi) is 4.55. The smallest absolute Gasteiger partial charge is 0.261 e. The van der Waals surface area contributed by atoms with Crippen LogP contribution in [-0.2, 0) is 4.79 Å². The van der Waals surface area contributed by atoms with Crippen molar-refractivity contribution < 1.29 is 9.59 Å². The van der Waals surface area contributed by atoms with Gasteiger partial charge >= 0.3 is 0 Å². The molecule has 0 aliphatic rings. The highest BCUT2D eigenvalue weighted by Crippen LogP contribution is 2.25. The minimum absolute atomic E-state index is 0.00756. The molecular weight excluding hydrogens is 270 g/mol. The van der Waals surface area contributed by atoms with Crippen molar-refractivity contribution in [2.75, 3.05) is 0 Å². The van der Waals surface area contributed by atoms with Crippen molar-refractivity contribution >= 4 is 33.1 Å². The van der Waals surface area contributed by atoms with Crippen LogP contribution in [0.1, 0.15) is 36.9 Å². The second kappa shape index (κ2) is 6.18. The minimum Gasteiger partial charge on any atom is -0.342 e. The highest BCUT2D eigenvalue weighted by molar-refractivity contribution is 7.20. The third-order valence-electron chi connectivity index (χ3n) is 3.15. The van der Waals surface area contributed by atoms with E-state index in [-0.39, 0.29) is 11.7 Å². The summed E-state index contributed by atoms with van der Waals surface area (Å²) in [5.41, 5.74) is 0. The van der Waals surface area contributed by atoms with Crippen LogP contribution in [0.25, 0.3) is 10.1 Å². The number of Topliss-reactive ketones (excluding diaryl/α,β-unsaturated/α-hetero) is 1. The SMILES string of the molecule is CC(=O)C(CC(C)C)NC(=O)c1cc2ccccc2s1. The Morgan fingerprint density at radius 1 is 1.25 bits per heavy atom. The second-order valence-corrected chi connectivity index (χ2v) is 6.50. The summed E-state index contributed by atoms with van der Waals surface area (Å²) in [7, 11) is 0. The quantitative estimate of drug-likeness (QED) is 0.913. The van der Waals surface area contributed by atoms with Gasteiger partial charge in [-0.05, 0) is 36.8 Å². The number of carbonyl (C=O) groups excluding carboxylic acids is 2. The van der Waals surface area contributed by atoms with Crippen molar-refractivity contribution in [3.63, 3.8) is 0 Å². The van der Waals surface area contributed by atoms with Gasteiger partial charge in [0.1, 0.15) is 0 Å². The number of amides is 1. The summed E-state index contributed by atoms with van der Waals surface area (Å²) >= 11 is 1.45. The zero-order chi connectivity index (χ0) is 14.7. The monoisotopic (exact) mass is 289 g/mol. The molecule has 0 saturated carbocycles. The molecule has 0 aliphatic carbocycles. The summed E-state index contributed by atoms with van der Waals surface area (Å²) in [6.45, 7) is 5.61. The fraction of sp³-hybridized carbons (Fsp3) is 0.375. The Bertz CT molecular complexity index is 597. The maximum absolute atomic E-state index is 12.3. The maximum Gasteiger partial charge on any atom is 0.261 e. The number of rotatable bonds is 5. The zero-order valence-electron chi connectivity index (χ0n) is 12.0. The van der Waals surface area contributed by atoms with Gasteiger partial charge in [-0.15, -0.1) is 11.3 Å². The van der Waals surface area contributed by atoms with Gasteiger partial charge in [-0.25, -0.2) is 0 Å². The Morgan fingerprint density at radius 2 is 1.95 bits per heavy atom. The molecule has 20 heavy (non-hydrogen) atoms. The predicted molar refractivity (Wildman–Crippen MR) is 83.2 cm³/mol. The van der Waals surface area contributed by atoms with Crippen LogP contribution in [0.4, 0.5) is 0 Å². The molecular formula is C16H19NO2S. The van der Waals surface area contributed by atoms with Crippen LogP contribution >= 0.6 is 11.3 Å². The van der Waals surface area contributed by atoms with Crippen molar-refractivity contribution in [2.45, 2.75) is 33.2 Å². The summed E-state index contributed by atoms with van der Waals surface area (Å²) in [5, 5.41) is 3.91. The summed E-state index contributed by atoms with van der Waals surface area (Å²) in [4.78, 5) is 24.5. The van der Waals surface area contributed by atoms with Crippen molar-refractivity contribution in [2.24, 2.45) is 5.92 Å². The Morgan fingerprint density at radius 3 is 2.55 bits per heavy atom. The van der Waals surface area contributed by atoms with E-state index in [0.717, 1.165) is 10.1 Å². The fourth-order valence-corrected chi connectivity index (χ4v) is 3.09. The number of nitrogens with one attached hydrogen (secondary N) is 1. The highest BCUT2D eigenvalue weighted by Gasteiger charge is 2.20. The number of hydrogen-bond donors (Lipinski definition) is 1. The van der Waals surface area contributed by atoms with E-state index >= 15 is 0 Å². The molecule has 106 valence electrons. The normalized spacial score (nSPS) is 12.6. The summed E-state index contributed by atoms with van der Waals surface area (Å²) < 4.78 is 1.08. The van der Waals surface area contributed by atoms with E-state index in [4.69, 9.17) is 0 Å². The second-order valence-electron chi connectivity index (χ2n) is 5.41. The average Bonchev–Trinajstić information content (AvgIpc) is 2.81. The molecule has 1 N–H and O–H groups in total. The molecule has 1 heterocycles. The van der Waals surface area contributed by atoms with Gasteiger partial charge in [-0.2, -0.15) is 0 Å². The lowest BCUT2D eigenvalue weighted by atomic mass is 10.0. The summed E-state index contributed by atoms with van der Waals surface area (Å²) in [5.74, 6) is 0.215. The van der Waals surface area contributed by atoms with E-state index in [9.17, 15) is 9.59 Å². The number of carbonyl (C=O) groups is 2. The predicted octanol–water partition coefficient (Wildman–Crippen LogP) is 3.63. The standard InChI is InChI=1S/C16H19NO2S/c1-10(2)8-13(11(3)18)17-16(19)15-9-12-6-4-5-7-14(12)20-15/h4-7,9-10,13H,8H2,1-3H3,(H,17,19). The molecule has 3 nitrogen and oxygen atoms in total. The van der Waals surface area contributed by atoms with Gasteiger partial charge in [0, 0.05) is 4.70 Å². The molecule has 2 rings (SSSR count). The van der Waals surface area contributed by atoms with E-state index in [0.29, 0.717) is 17.2 Å². The highest BCUT2D eigenvalue weighted by atomic mass is 32.1. The fourth-order valence-electron chi connectivity index (χ4n) is 2.12. The van der Waals surface area contributed by atoms with Crippen LogP contribution in [0.3, 0.4) is 0 Å². The lowest BCUT2D eigenvalue weighted by Crippen LogP contribution is -2.40. The Hall–Kier alpha value is -1.68. The van der Waals surface area contributed by atoms with Gasteiger partial charge in [0.2, 0.25) is 0 Å². The van der Waals surface area contributed by atoms with Gasteiger partial charge in [-0.3, -0.25) is 9.59 Å². The van der Waals surface area contributed by atoms with E-state index in [1.807, 2.05) is 44.2 Å². The molecule has 4 heteroatoms. The summed E-state index contributed by atoms with van der Waals surface area (Å²) in [6.07, 6.45) is 0.673. The number of benzene rings is 1. The van der Waals surface area contributed by atoms with E-state index in [1.54, 1.807) is 0 Å². The minimum atomic E-state index is -0.396. The van der Waals surface area contributed by atoms with Crippen LogP contribution in [-0.4, -0.2) is 17.7 Å². The third kappa shape index (κ3) is 3.45. The number of ketones is 1. The van der Waals surface area contributed by atoms with Crippen molar-refractivity contribution in [3.05, 3.63) is 35.2 Å². The third-order valence-corrected chi connectivity index (χ3v) is 4.27. The van der Waals surface area contributed by atoms with Gasteiger partial charge in [-0.1, -0.05) is 32.0 Å². The molecule has 0 fully saturated rings. The molecule has 1 aromatic carbocycles. The van der Waals surface area contributed by atoms with Gasteiger partial charge < -0.3 is 5.32 Å². The van der Waals surface area contributed by atoms with Gasteiger partial charge in [0.15, 0.2) is 5.78 Å². The van der Waals surface area contributed by atoms with Crippen molar-refractivity contribution in [3.8, 4) is 0 Å². The molecule has 0 aliphatic heterocycles. The summed E-state index contributed by atoms with van der Waals surface area (Å²) in [6, 6.07) is 9.37. The molecule has 0 radical (unpaired) electrons. The molecule has 1 amide bonds. The van der Waals surface area contributed by atoms with Crippen LogP contribution in [0.15, 0.2) is 30.3 Å². The van der Waals surface area contributed by atoms with Crippen molar-refractivity contribution in [1.29, 1.82) is 0 Å². The lowest BCUT2D eigenvalue weighted by Gasteiger charge is -2.17. The van der Waals surface area contributed by atoms with Crippen LogP contribution in [0, 0.1) is 5.92 Å². The first-order valence-corrected chi connectivity index (χ1v) is 7.59. The van der Waals surface area contributed by atoms with E-state index < -0.39 is 6.04 Å². The largest absolute Gasteiger partial charge is 0.342 e. The van der Waals surface area contributed by atoms with Gasteiger partial charge in [0.05, 0.1) is 10.9 Å². The molecule has 0 spiro atoms. The maximum atomic E-state index is 12.3. The molecule has 1 aromatic heterocycles. The molecule has 1 unspecified atom stereocenters. The first-order chi connectivity index (χ1) is 9.47. The van der Waals surface area contributed by atoms with Gasteiger partial charge in [0.25, 0.3) is 5.91 Å². The Balaban J connectivity index is 2.15. The van der Waals surface area contributed by atoms with Crippen molar-refractivity contribution in [1.82, 2.24) is 5.32 Å². The topological polar surface area (TPSA) is 46.2 Å². The zero-order valence-corrected chi connectivity index (χ0v) is 12.8. The van der Waals surface area contributed by atoms with E-state index in [2.05, 4.69) is 5.32 Å². The molecule has 0 saturated heterocycles. The molecule has 2 aromatic rings.